The number of hydrogen-bond acceptors (Lipinski definition) is 5. The molecule has 0 bridgehead atoms. The highest BCUT2D eigenvalue weighted by molar-refractivity contribution is 9.11. The lowest BCUT2D eigenvalue weighted by Crippen LogP contribution is -2.45. The van der Waals surface area contributed by atoms with Crippen LogP contribution in [0.1, 0.15) is 5.56 Å². The largest absolute Gasteiger partial charge is 0.495 e. The minimum absolute atomic E-state index is 0.118. The van der Waals surface area contributed by atoms with E-state index in [1.54, 1.807) is 24.3 Å². The molecule has 0 aliphatic rings. The number of carbonyl (C=O) groups excluding carboxylic acids is 1. The quantitative estimate of drug-likeness (QED) is 0.443. The highest BCUT2D eigenvalue weighted by Gasteiger charge is 2.27. The SMILES string of the molecule is COc1ccc(NC(=O)C(Cc2ccccc2)NS(=O)(=O)c2ccc(Br)s2)cc1Cl. The zero-order valence-corrected chi connectivity index (χ0v) is 19.7. The molecule has 0 saturated carbocycles. The van der Waals surface area contributed by atoms with Crippen molar-refractivity contribution in [3.8, 4) is 5.75 Å². The van der Waals surface area contributed by atoms with Crippen LogP contribution in [0.25, 0.3) is 0 Å². The molecule has 6 nitrogen and oxygen atoms in total. The molecule has 1 aromatic heterocycles. The van der Waals surface area contributed by atoms with E-state index in [2.05, 4.69) is 26.0 Å². The summed E-state index contributed by atoms with van der Waals surface area (Å²) in [5.41, 5.74) is 1.25. The van der Waals surface area contributed by atoms with Crippen LogP contribution in [0.2, 0.25) is 5.02 Å². The second-order valence-electron chi connectivity index (χ2n) is 6.26. The zero-order chi connectivity index (χ0) is 21.7. The van der Waals surface area contributed by atoms with E-state index < -0.39 is 22.0 Å². The second-order valence-corrected chi connectivity index (χ2v) is 11.1. The van der Waals surface area contributed by atoms with Crippen LogP contribution in [0.5, 0.6) is 5.75 Å². The molecule has 158 valence electrons. The molecule has 0 spiro atoms. The van der Waals surface area contributed by atoms with Crippen molar-refractivity contribution in [1.82, 2.24) is 4.72 Å². The van der Waals surface area contributed by atoms with E-state index in [9.17, 15) is 13.2 Å². The molecule has 0 aliphatic carbocycles. The van der Waals surface area contributed by atoms with Crippen molar-refractivity contribution in [2.75, 3.05) is 12.4 Å². The van der Waals surface area contributed by atoms with Crippen LogP contribution in [0.4, 0.5) is 5.69 Å². The molecule has 1 amide bonds. The van der Waals surface area contributed by atoms with Gasteiger partial charge in [-0.1, -0.05) is 41.9 Å². The molecule has 2 aromatic carbocycles. The first-order chi connectivity index (χ1) is 14.3. The highest BCUT2D eigenvalue weighted by Crippen LogP contribution is 2.28. The number of carbonyl (C=O) groups is 1. The Morgan fingerprint density at radius 1 is 1.17 bits per heavy atom. The summed E-state index contributed by atoms with van der Waals surface area (Å²) in [5.74, 6) is -0.0289. The summed E-state index contributed by atoms with van der Waals surface area (Å²) in [4.78, 5) is 13.0. The van der Waals surface area contributed by atoms with E-state index in [-0.39, 0.29) is 10.6 Å². The van der Waals surface area contributed by atoms with Crippen molar-refractivity contribution in [3.05, 3.63) is 75.0 Å². The number of nitrogens with one attached hydrogen (secondary N) is 2. The molecular formula is C20H18BrClN2O4S2. The van der Waals surface area contributed by atoms with E-state index >= 15 is 0 Å². The third kappa shape index (κ3) is 5.83. The maximum absolute atomic E-state index is 13.0. The summed E-state index contributed by atoms with van der Waals surface area (Å²) in [6.07, 6.45) is 0.183. The predicted octanol–water partition coefficient (Wildman–Crippen LogP) is 4.70. The summed E-state index contributed by atoms with van der Waals surface area (Å²) in [5, 5.41) is 3.05. The van der Waals surface area contributed by atoms with Crippen molar-refractivity contribution in [1.29, 1.82) is 0 Å². The minimum atomic E-state index is -3.88. The third-order valence-corrected chi connectivity index (χ3v) is 8.01. The van der Waals surface area contributed by atoms with E-state index in [4.69, 9.17) is 16.3 Å². The predicted molar refractivity (Wildman–Crippen MR) is 123 cm³/mol. The topological polar surface area (TPSA) is 84.5 Å². The van der Waals surface area contributed by atoms with Crippen molar-refractivity contribution >= 4 is 60.5 Å². The van der Waals surface area contributed by atoms with Gasteiger partial charge in [-0.05, 0) is 58.2 Å². The second kappa shape index (κ2) is 9.93. The van der Waals surface area contributed by atoms with Crippen LogP contribution in [0.15, 0.2) is 68.7 Å². The standard InChI is InChI=1S/C20H18BrClN2O4S2/c1-28-17-8-7-14(12-15(17)22)23-20(25)16(11-13-5-3-2-4-6-13)24-30(26,27)19-10-9-18(21)29-19/h2-10,12,16,24H,11H2,1H3,(H,23,25). The average Bonchev–Trinajstić information content (AvgIpc) is 3.16. The maximum Gasteiger partial charge on any atom is 0.250 e. The van der Waals surface area contributed by atoms with Crippen LogP contribution < -0.4 is 14.8 Å². The Kier molecular flexibility index (Phi) is 7.54. The summed E-state index contributed by atoms with van der Waals surface area (Å²) >= 11 is 10.4. The number of benzene rings is 2. The molecule has 3 rings (SSSR count). The Morgan fingerprint density at radius 2 is 1.90 bits per heavy atom. The van der Waals surface area contributed by atoms with Crippen molar-refractivity contribution < 1.29 is 17.9 Å². The Balaban J connectivity index is 1.85. The fourth-order valence-electron chi connectivity index (χ4n) is 2.70. The summed E-state index contributed by atoms with van der Waals surface area (Å²) in [7, 11) is -2.39. The number of rotatable bonds is 8. The molecule has 1 unspecified atom stereocenters. The molecule has 0 fully saturated rings. The van der Waals surface area contributed by atoms with Gasteiger partial charge < -0.3 is 10.1 Å². The summed E-state index contributed by atoms with van der Waals surface area (Å²) < 4.78 is 34.0. The van der Waals surface area contributed by atoms with Gasteiger partial charge in [0.25, 0.3) is 10.0 Å². The fraction of sp³-hybridized carbons (Fsp3) is 0.150. The van der Waals surface area contributed by atoms with Crippen molar-refractivity contribution in [2.24, 2.45) is 0 Å². The van der Waals surface area contributed by atoms with E-state index in [1.807, 2.05) is 30.3 Å². The first-order valence-electron chi connectivity index (χ1n) is 8.74. The molecule has 10 heteroatoms. The van der Waals surface area contributed by atoms with Crippen molar-refractivity contribution in [3.63, 3.8) is 0 Å². The van der Waals surface area contributed by atoms with E-state index in [0.29, 0.717) is 20.2 Å². The monoisotopic (exact) mass is 528 g/mol. The molecule has 0 radical (unpaired) electrons. The molecule has 2 N–H and O–H groups in total. The first-order valence-corrected chi connectivity index (χ1v) is 12.2. The number of ether oxygens (including phenoxy) is 1. The van der Waals surface area contributed by atoms with Gasteiger partial charge in [-0.25, -0.2) is 8.42 Å². The fourth-order valence-corrected chi connectivity index (χ4v) is 6.18. The van der Waals surface area contributed by atoms with Gasteiger partial charge in [-0.15, -0.1) is 11.3 Å². The number of thiophene rings is 1. The molecular weight excluding hydrogens is 512 g/mol. The molecule has 30 heavy (non-hydrogen) atoms. The van der Waals surface area contributed by atoms with Gasteiger partial charge in [0.1, 0.15) is 16.0 Å². The van der Waals surface area contributed by atoms with Crippen LogP contribution in [0, 0.1) is 0 Å². The van der Waals surface area contributed by atoms with E-state index in [1.165, 1.54) is 13.2 Å². The Labute approximate surface area is 192 Å². The van der Waals surface area contributed by atoms with Gasteiger partial charge >= 0.3 is 0 Å². The van der Waals surface area contributed by atoms with Crippen LogP contribution in [0.3, 0.4) is 0 Å². The number of sulfonamides is 1. The molecule has 3 aromatic rings. The summed E-state index contributed by atoms with van der Waals surface area (Å²) in [6, 6.07) is 16.1. The molecule has 1 atom stereocenters. The first kappa shape index (κ1) is 22.8. The molecule has 0 saturated heterocycles. The normalized spacial score (nSPS) is 12.4. The van der Waals surface area contributed by atoms with Gasteiger partial charge in [0, 0.05) is 5.69 Å². The van der Waals surface area contributed by atoms with E-state index in [0.717, 1.165) is 16.9 Å². The van der Waals surface area contributed by atoms with Gasteiger partial charge in [0.15, 0.2) is 0 Å². The van der Waals surface area contributed by atoms with Crippen LogP contribution in [-0.2, 0) is 21.2 Å². The Hall–Kier alpha value is -1.91. The van der Waals surface area contributed by atoms with Gasteiger partial charge in [-0.3, -0.25) is 4.79 Å². The molecule has 1 heterocycles. The minimum Gasteiger partial charge on any atom is -0.495 e. The zero-order valence-electron chi connectivity index (χ0n) is 15.8. The smallest absolute Gasteiger partial charge is 0.250 e. The Morgan fingerprint density at radius 3 is 2.50 bits per heavy atom. The number of methoxy groups -OCH3 is 1. The number of anilines is 1. The van der Waals surface area contributed by atoms with Crippen LogP contribution in [-0.4, -0.2) is 27.5 Å². The van der Waals surface area contributed by atoms with Gasteiger partial charge in [0.2, 0.25) is 5.91 Å². The lowest BCUT2D eigenvalue weighted by Gasteiger charge is -2.18. The van der Waals surface area contributed by atoms with Gasteiger partial charge in [-0.2, -0.15) is 4.72 Å². The lowest BCUT2D eigenvalue weighted by molar-refractivity contribution is -0.117. The van der Waals surface area contributed by atoms with Gasteiger partial charge in [0.05, 0.1) is 15.9 Å². The highest BCUT2D eigenvalue weighted by atomic mass is 79.9. The Bertz CT molecular complexity index is 1140. The number of amides is 1. The maximum atomic E-state index is 13.0. The average molecular weight is 530 g/mol. The van der Waals surface area contributed by atoms with Crippen LogP contribution >= 0.6 is 38.9 Å². The number of halogens is 2. The third-order valence-electron chi connectivity index (χ3n) is 4.13. The number of hydrogen-bond donors (Lipinski definition) is 2. The summed E-state index contributed by atoms with van der Waals surface area (Å²) in [6.45, 7) is 0. The molecule has 0 aliphatic heterocycles. The van der Waals surface area contributed by atoms with Crippen molar-refractivity contribution in [2.45, 2.75) is 16.7 Å². The lowest BCUT2D eigenvalue weighted by atomic mass is 10.1.